The monoisotopic (exact) mass is 208 g/mol. The van der Waals surface area contributed by atoms with Crippen LogP contribution in [0.25, 0.3) is 0 Å². The van der Waals surface area contributed by atoms with E-state index in [2.05, 4.69) is 19.0 Å². The number of benzene rings is 1. The van der Waals surface area contributed by atoms with Crippen molar-refractivity contribution in [2.24, 2.45) is 0 Å². The minimum Gasteiger partial charge on any atom is -0.497 e. The van der Waals surface area contributed by atoms with E-state index in [0.29, 0.717) is 0 Å². The van der Waals surface area contributed by atoms with Gasteiger partial charge in [0.2, 0.25) is 0 Å². The molecule has 0 amide bonds. The van der Waals surface area contributed by atoms with Crippen LogP contribution in [-0.4, -0.2) is 32.6 Å². The number of nitrogen functional groups attached to an aromatic ring is 1. The Morgan fingerprint density at radius 2 is 2.07 bits per heavy atom. The lowest BCUT2D eigenvalue weighted by molar-refractivity contribution is 0.400. The van der Waals surface area contributed by atoms with E-state index in [4.69, 9.17) is 10.5 Å². The summed E-state index contributed by atoms with van der Waals surface area (Å²) >= 11 is 0. The molecule has 0 saturated carbocycles. The Hall–Kier alpha value is -1.22. The van der Waals surface area contributed by atoms with Gasteiger partial charge in [-0.1, -0.05) is 6.07 Å². The summed E-state index contributed by atoms with van der Waals surface area (Å²) in [6.07, 6.45) is 2.15. The van der Waals surface area contributed by atoms with E-state index < -0.39 is 0 Å². The first-order valence-electron chi connectivity index (χ1n) is 5.20. The SMILES string of the molecule is COc1ccc(CCCN(C)C)c(N)c1. The van der Waals surface area contributed by atoms with Crippen LogP contribution >= 0.6 is 0 Å². The number of methoxy groups -OCH3 is 1. The van der Waals surface area contributed by atoms with Crippen LogP contribution in [0.2, 0.25) is 0 Å². The number of nitrogens with two attached hydrogens (primary N) is 1. The summed E-state index contributed by atoms with van der Waals surface area (Å²) in [6.45, 7) is 1.09. The summed E-state index contributed by atoms with van der Waals surface area (Å²) in [5.74, 6) is 0.823. The molecule has 0 aliphatic rings. The van der Waals surface area contributed by atoms with Crippen LogP contribution in [-0.2, 0) is 6.42 Å². The maximum atomic E-state index is 5.92. The van der Waals surface area contributed by atoms with Gasteiger partial charge in [-0.15, -0.1) is 0 Å². The molecule has 0 spiro atoms. The van der Waals surface area contributed by atoms with Crippen molar-refractivity contribution in [3.8, 4) is 5.75 Å². The summed E-state index contributed by atoms with van der Waals surface area (Å²) in [4.78, 5) is 2.18. The quantitative estimate of drug-likeness (QED) is 0.749. The topological polar surface area (TPSA) is 38.5 Å². The van der Waals surface area contributed by atoms with Crippen molar-refractivity contribution in [2.45, 2.75) is 12.8 Å². The predicted octanol–water partition coefficient (Wildman–Crippen LogP) is 1.77. The molecule has 0 aliphatic heterocycles. The standard InChI is InChI=1S/C12H20N2O/c1-14(2)8-4-5-10-6-7-11(15-3)9-12(10)13/h6-7,9H,4-5,8,13H2,1-3H3. The zero-order chi connectivity index (χ0) is 11.3. The summed E-state index contributed by atoms with van der Waals surface area (Å²) in [5.41, 5.74) is 7.95. The first-order valence-corrected chi connectivity index (χ1v) is 5.20. The van der Waals surface area contributed by atoms with Gasteiger partial charge in [0.25, 0.3) is 0 Å². The molecular formula is C12H20N2O. The third kappa shape index (κ3) is 3.80. The fourth-order valence-electron chi connectivity index (χ4n) is 1.51. The molecule has 0 aliphatic carbocycles. The molecule has 0 atom stereocenters. The Kier molecular flexibility index (Phi) is 4.43. The van der Waals surface area contributed by atoms with Crippen LogP contribution in [0.3, 0.4) is 0 Å². The van der Waals surface area contributed by atoms with Crippen molar-refractivity contribution >= 4 is 5.69 Å². The van der Waals surface area contributed by atoms with Crippen LogP contribution in [0, 0.1) is 0 Å². The number of hydrogen-bond acceptors (Lipinski definition) is 3. The third-order valence-corrected chi connectivity index (χ3v) is 2.40. The third-order valence-electron chi connectivity index (χ3n) is 2.40. The molecule has 3 heteroatoms. The summed E-state index contributed by atoms with van der Waals surface area (Å²) in [6, 6.07) is 5.89. The highest BCUT2D eigenvalue weighted by Gasteiger charge is 2.01. The van der Waals surface area contributed by atoms with Gasteiger partial charge in [0.05, 0.1) is 7.11 Å². The van der Waals surface area contributed by atoms with Gasteiger partial charge in [-0.05, 0) is 45.1 Å². The molecule has 2 N–H and O–H groups in total. The van der Waals surface area contributed by atoms with E-state index in [1.165, 1.54) is 5.56 Å². The molecule has 0 saturated heterocycles. The average Bonchev–Trinajstić information content (AvgIpc) is 2.20. The maximum absolute atomic E-state index is 5.92. The number of aryl methyl sites for hydroxylation is 1. The second-order valence-electron chi connectivity index (χ2n) is 3.97. The molecule has 0 heterocycles. The lowest BCUT2D eigenvalue weighted by Gasteiger charge is -2.11. The molecular weight excluding hydrogens is 188 g/mol. The van der Waals surface area contributed by atoms with Gasteiger partial charge >= 0.3 is 0 Å². The van der Waals surface area contributed by atoms with E-state index in [9.17, 15) is 0 Å². The van der Waals surface area contributed by atoms with Crippen LogP contribution < -0.4 is 10.5 Å². The number of ether oxygens (including phenoxy) is 1. The van der Waals surface area contributed by atoms with Gasteiger partial charge in [-0.25, -0.2) is 0 Å². The second-order valence-corrected chi connectivity index (χ2v) is 3.97. The maximum Gasteiger partial charge on any atom is 0.120 e. The lowest BCUT2D eigenvalue weighted by atomic mass is 10.1. The van der Waals surface area contributed by atoms with Crippen LogP contribution in [0.15, 0.2) is 18.2 Å². The lowest BCUT2D eigenvalue weighted by Crippen LogP contribution is -2.13. The van der Waals surface area contributed by atoms with Gasteiger partial charge in [0, 0.05) is 11.8 Å². The number of rotatable bonds is 5. The molecule has 1 aromatic rings. The molecule has 15 heavy (non-hydrogen) atoms. The zero-order valence-corrected chi connectivity index (χ0v) is 9.79. The largest absolute Gasteiger partial charge is 0.497 e. The highest BCUT2D eigenvalue weighted by molar-refractivity contribution is 5.51. The molecule has 1 aromatic carbocycles. The van der Waals surface area contributed by atoms with Gasteiger partial charge in [0.15, 0.2) is 0 Å². The first-order chi connectivity index (χ1) is 7.13. The number of nitrogens with zero attached hydrogens (tertiary/aromatic N) is 1. The zero-order valence-electron chi connectivity index (χ0n) is 9.79. The van der Waals surface area contributed by atoms with Crippen molar-refractivity contribution in [3.05, 3.63) is 23.8 Å². The molecule has 3 nitrogen and oxygen atoms in total. The second kappa shape index (κ2) is 5.61. The highest BCUT2D eigenvalue weighted by Crippen LogP contribution is 2.20. The Bertz CT molecular complexity index is 310. The van der Waals surface area contributed by atoms with Crippen molar-refractivity contribution in [3.63, 3.8) is 0 Å². The molecule has 84 valence electrons. The van der Waals surface area contributed by atoms with Gasteiger partial charge in [-0.2, -0.15) is 0 Å². The molecule has 0 fully saturated rings. The van der Waals surface area contributed by atoms with E-state index >= 15 is 0 Å². The normalized spacial score (nSPS) is 10.7. The van der Waals surface area contributed by atoms with Crippen LogP contribution in [0.1, 0.15) is 12.0 Å². The molecule has 0 radical (unpaired) electrons. The van der Waals surface area contributed by atoms with Gasteiger partial charge < -0.3 is 15.4 Å². The Labute approximate surface area is 91.8 Å². The summed E-state index contributed by atoms with van der Waals surface area (Å²) in [5, 5.41) is 0. The number of hydrogen-bond donors (Lipinski definition) is 1. The highest BCUT2D eigenvalue weighted by atomic mass is 16.5. The van der Waals surface area contributed by atoms with Crippen LogP contribution in [0.4, 0.5) is 5.69 Å². The Morgan fingerprint density at radius 1 is 1.33 bits per heavy atom. The van der Waals surface area contributed by atoms with Crippen molar-refractivity contribution in [2.75, 3.05) is 33.5 Å². The Balaban J connectivity index is 2.54. The minimum absolute atomic E-state index is 0.823. The smallest absolute Gasteiger partial charge is 0.120 e. The van der Waals surface area contributed by atoms with Gasteiger partial charge in [0.1, 0.15) is 5.75 Å². The summed E-state index contributed by atoms with van der Waals surface area (Å²) in [7, 11) is 5.81. The molecule has 0 unspecified atom stereocenters. The van der Waals surface area contributed by atoms with Gasteiger partial charge in [-0.3, -0.25) is 0 Å². The fourth-order valence-corrected chi connectivity index (χ4v) is 1.51. The minimum atomic E-state index is 0.823. The molecule has 0 aromatic heterocycles. The fraction of sp³-hybridized carbons (Fsp3) is 0.500. The van der Waals surface area contributed by atoms with Crippen LogP contribution in [0.5, 0.6) is 5.75 Å². The Morgan fingerprint density at radius 3 is 2.60 bits per heavy atom. The van der Waals surface area contributed by atoms with Crippen molar-refractivity contribution in [1.82, 2.24) is 4.90 Å². The number of anilines is 1. The predicted molar refractivity (Wildman–Crippen MR) is 64.3 cm³/mol. The average molecular weight is 208 g/mol. The van der Waals surface area contributed by atoms with Crippen molar-refractivity contribution in [1.29, 1.82) is 0 Å². The molecule has 0 bridgehead atoms. The van der Waals surface area contributed by atoms with E-state index in [1.54, 1.807) is 7.11 Å². The summed E-state index contributed by atoms with van der Waals surface area (Å²) < 4.78 is 5.10. The first kappa shape index (κ1) is 11.9. The van der Waals surface area contributed by atoms with E-state index in [1.807, 2.05) is 18.2 Å². The van der Waals surface area contributed by atoms with Crippen molar-refractivity contribution < 1.29 is 4.74 Å². The van der Waals surface area contributed by atoms with E-state index in [0.717, 1.165) is 30.8 Å². The van der Waals surface area contributed by atoms with E-state index in [-0.39, 0.29) is 0 Å². The molecule has 1 rings (SSSR count).